The molecule has 0 spiro atoms. The molecule has 0 aliphatic carbocycles. The highest BCUT2D eigenvalue weighted by Crippen LogP contribution is 2.17. The Bertz CT molecular complexity index is 233. The van der Waals surface area contributed by atoms with E-state index in [0.717, 1.165) is 6.42 Å². The van der Waals surface area contributed by atoms with Crippen molar-refractivity contribution in [1.82, 2.24) is 4.90 Å². The summed E-state index contributed by atoms with van der Waals surface area (Å²) in [5, 5.41) is 8.78. The van der Waals surface area contributed by atoms with Crippen LogP contribution in [0.2, 0.25) is 0 Å². The molecule has 5 nitrogen and oxygen atoms in total. The van der Waals surface area contributed by atoms with Crippen molar-refractivity contribution >= 4 is 24.3 Å². The lowest BCUT2D eigenvalue weighted by atomic mass is 10.2. The van der Waals surface area contributed by atoms with Gasteiger partial charge in [0, 0.05) is 6.54 Å². The first-order chi connectivity index (χ1) is 6.04. The average molecular weight is 223 g/mol. The number of carboxylic acids is 1. The van der Waals surface area contributed by atoms with E-state index < -0.39 is 18.1 Å². The Morgan fingerprint density at radius 3 is 2.57 bits per heavy atom. The van der Waals surface area contributed by atoms with E-state index in [1.165, 1.54) is 4.90 Å². The zero-order chi connectivity index (χ0) is 10.0. The molecule has 2 unspecified atom stereocenters. The number of halogens is 1. The van der Waals surface area contributed by atoms with Gasteiger partial charge >= 0.3 is 5.97 Å². The first-order valence-corrected chi connectivity index (χ1v) is 4.33. The minimum absolute atomic E-state index is 0. The van der Waals surface area contributed by atoms with Crippen LogP contribution in [0.4, 0.5) is 0 Å². The lowest BCUT2D eigenvalue weighted by Gasteiger charge is -2.22. The summed E-state index contributed by atoms with van der Waals surface area (Å²) < 4.78 is 0. The third-order valence-corrected chi connectivity index (χ3v) is 2.21. The molecular formula is C8H15ClN2O3. The molecule has 0 bridgehead atoms. The fraction of sp³-hybridized carbons (Fsp3) is 0.750. The first kappa shape index (κ1) is 13.2. The predicted molar refractivity (Wildman–Crippen MR) is 53.3 cm³/mol. The maximum absolute atomic E-state index is 11.4. The first-order valence-electron chi connectivity index (χ1n) is 4.33. The minimum atomic E-state index is -0.938. The highest BCUT2D eigenvalue weighted by molar-refractivity contribution is 5.87. The highest BCUT2D eigenvalue weighted by atomic mass is 35.5. The Balaban J connectivity index is 0.00000169. The Morgan fingerprint density at radius 1 is 1.57 bits per heavy atom. The van der Waals surface area contributed by atoms with Crippen molar-refractivity contribution in [1.29, 1.82) is 0 Å². The molecule has 3 N–H and O–H groups in total. The maximum Gasteiger partial charge on any atom is 0.326 e. The van der Waals surface area contributed by atoms with Gasteiger partial charge in [-0.1, -0.05) is 0 Å². The standard InChI is InChI=1S/C8H14N2O3.ClH/c1-5(9)7(11)10-4-2-3-6(10)8(12)13;/h5-6H,2-4,9H2,1H3,(H,12,13);1H. The van der Waals surface area contributed by atoms with Crippen molar-refractivity contribution in [2.75, 3.05) is 6.54 Å². The van der Waals surface area contributed by atoms with E-state index in [0.29, 0.717) is 13.0 Å². The van der Waals surface area contributed by atoms with Crippen LogP contribution < -0.4 is 5.73 Å². The van der Waals surface area contributed by atoms with E-state index in [9.17, 15) is 9.59 Å². The number of carbonyl (C=O) groups is 2. The Morgan fingerprint density at radius 2 is 2.14 bits per heavy atom. The molecule has 0 aromatic heterocycles. The summed E-state index contributed by atoms with van der Waals surface area (Å²) in [6.07, 6.45) is 1.28. The lowest BCUT2D eigenvalue weighted by molar-refractivity contribution is -0.148. The van der Waals surface area contributed by atoms with E-state index in [1.807, 2.05) is 0 Å². The summed E-state index contributed by atoms with van der Waals surface area (Å²) in [6, 6.07) is -1.28. The van der Waals surface area contributed by atoms with E-state index >= 15 is 0 Å². The van der Waals surface area contributed by atoms with Crippen molar-refractivity contribution in [3.05, 3.63) is 0 Å². The van der Waals surface area contributed by atoms with Crippen LogP contribution in [0.1, 0.15) is 19.8 Å². The molecule has 0 saturated carbocycles. The zero-order valence-electron chi connectivity index (χ0n) is 7.97. The van der Waals surface area contributed by atoms with Crippen LogP contribution in [0.25, 0.3) is 0 Å². The van der Waals surface area contributed by atoms with Gasteiger partial charge in [0.2, 0.25) is 5.91 Å². The molecule has 0 aromatic rings. The summed E-state index contributed by atoms with van der Waals surface area (Å²) in [7, 11) is 0. The third kappa shape index (κ3) is 2.59. The largest absolute Gasteiger partial charge is 0.480 e. The number of amides is 1. The second-order valence-corrected chi connectivity index (χ2v) is 3.32. The molecule has 0 radical (unpaired) electrons. The number of carbonyl (C=O) groups excluding carboxylic acids is 1. The number of aliphatic carboxylic acids is 1. The van der Waals surface area contributed by atoms with Crippen LogP contribution in [0.5, 0.6) is 0 Å². The van der Waals surface area contributed by atoms with Gasteiger partial charge < -0.3 is 15.7 Å². The second kappa shape index (κ2) is 5.17. The van der Waals surface area contributed by atoms with Gasteiger partial charge in [0.15, 0.2) is 0 Å². The molecule has 6 heteroatoms. The van der Waals surface area contributed by atoms with Crippen molar-refractivity contribution < 1.29 is 14.7 Å². The summed E-state index contributed by atoms with van der Waals surface area (Å²) in [5.74, 6) is -1.21. The SMILES string of the molecule is CC(N)C(=O)N1CCCC1C(=O)O.Cl. The number of hydrogen-bond acceptors (Lipinski definition) is 3. The molecule has 82 valence electrons. The van der Waals surface area contributed by atoms with E-state index in [-0.39, 0.29) is 18.3 Å². The molecule has 1 heterocycles. The molecule has 2 atom stereocenters. The van der Waals surface area contributed by atoms with Crippen LogP contribution in [0.3, 0.4) is 0 Å². The Labute approximate surface area is 88.7 Å². The van der Waals surface area contributed by atoms with Crippen LogP contribution in [0.15, 0.2) is 0 Å². The van der Waals surface area contributed by atoms with Crippen LogP contribution in [-0.4, -0.2) is 40.5 Å². The van der Waals surface area contributed by atoms with Gasteiger partial charge in [-0.25, -0.2) is 4.79 Å². The molecular weight excluding hydrogens is 208 g/mol. The van der Waals surface area contributed by atoms with Crippen molar-refractivity contribution in [2.24, 2.45) is 5.73 Å². The second-order valence-electron chi connectivity index (χ2n) is 3.32. The highest BCUT2D eigenvalue weighted by Gasteiger charge is 2.34. The van der Waals surface area contributed by atoms with Crippen molar-refractivity contribution in [3.8, 4) is 0 Å². The molecule has 1 aliphatic heterocycles. The van der Waals surface area contributed by atoms with Crippen molar-refractivity contribution in [2.45, 2.75) is 31.8 Å². The number of nitrogens with zero attached hydrogens (tertiary/aromatic N) is 1. The van der Waals surface area contributed by atoms with Gasteiger partial charge in [0.05, 0.1) is 6.04 Å². The summed E-state index contributed by atoms with van der Waals surface area (Å²) in [4.78, 5) is 23.5. The van der Waals surface area contributed by atoms with Crippen LogP contribution in [-0.2, 0) is 9.59 Å². The molecule has 14 heavy (non-hydrogen) atoms. The fourth-order valence-corrected chi connectivity index (χ4v) is 1.55. The fourth-order valence-electron chi connectivity index (χ4n) is 1.55. The summed E-state index contributed by atoms with van der Waals surface area (Å²) in [6.45, 7) is 2.08. The smallest absolute Gasteiger partial charge is 0.326 e. The molecule has 0 aromatic carbocycles. The van der Waals surface area contributed by atoms with Gasteiger partial charge in [-0.05, 0) is 19.8 Å². The third-order valence-electron chi connectivity index (χ3n) is 2.21. The van der Waals surface area contributed by atoms with Crippen molar-refractivity contribution in [3.63, 3.8) is 0 Å². The monoisotopic (exact) mass is 222 g/mol. The topological polar surface area (TPSA) is 83.6 Å². The van der Waals surface area contributed by atoms with E-state index in [1.54, 1.807) is 6.92 Å². The van der Waals surface area contributed by atoms with E-state index in [4.69, 9.17) is 10.8 Å². The summed E-state index contributed by atoms with van der Waals surface area (Å²) in [5.41, 5.74) is 5.39. The number of nitrogens with two attached hydrogens (primary N) is 1. The molecule has 1 aliphatic rings. The van der Waals surface area contributed by atoms with Gasteiger partial charge in [0.25, 0.3) is 0 Å². The summed E-state index contributed by atoms with van der Waals surface area (Å²) >= 11 is 0. The lowest BCUT2D eigenvalue weighted by Crippen LogP contribution is -2.47. The van der Waals surface area contributed by atoms with Gasteiger partial charge in [-0.2, -0.15) is 0 Å². The van der Waals surface area contributed by atoms with Gasteiger partial charge in [-0.15, -0.1) is 12.4 Å². The van der Waals surface area contributed by atoms with Crippen LogP contribution in [0, 0.1) is 0 Å². The molecule has 1 amide bonds. The Hall–Kier alpha value is -0.810. The quantitative estimate of drug-likeness (QED) is 0.680. The zero-order valence-corrected chi connectivity index (χ0v) is 8.79. The maximum atomic E-state index is 11.4. The molecule has 1 rings (SSSR count). The normalized spacial score (nSPS) is 22.7. The average Bonchev–Trinajstić information content (AvgIpc) is 2.50. The number of carboxylic acid groups (broad SMARTS) is 1. The van der Waals surface area contributed by atoms with Gasteiger partial charge in [0.1, 0.15) is 6.04 Å². The van der Waals surface area contributed by atoms with Crippen LogP contribution >= 0.6 is 12.4 Å². The molecule has 1 saturated heterocycles. The molecule has 1 fully saturated rings. The minimum Gasteiger partial charge on any atom is -0.480 e. The number of rotatable bonds is 2. The Kier molecular flexibility index (Phi) is 4.87. The van der Waals surface area contributed by atoms with Gasteiger partial charge in [-0.3, -0.25) is 4.79 Å². The number of hydrogen-bond donors (Lipinski definition) is 2. The van der Waals surface area contributed by atoms with E-state index in [2.05, 4.69) is 0 Å². The predicted octanol–water partition coefficient (Wildman–Crippen LogP) is -0.169. The number of likely N-dealkylation sites (tertiary alicyclic amines) is 1.